The fourth-order valence-corrected chi connectivity index (χ4v) is 4.80. The monoisotopic (exact) mass is 329 g/mol. The second-order valence-electron chi connectivity index (χ2n) is 6.75. The Morgan fingerprint density at radius 3 is 3.13 bits per heavy atom. The van der Waals surface area contributed by atoms with Crippen LogP contribution in [0.5, 0.6) is 0 Å². The van der Waals surface area contributed by atoms with Crippen LogP contribution < -0.4 is 5.32 Å². The third-order valence-corrected chi connectivity index (χ3v) is 6.16. The molecule has 0 radical (unpaired) electrons. The number of thiazole rings is 1. The van der Waals surface area contributed by atoms with Gasteiger partial charge in [-0.05, 0) is 62.9 Å². The van der Waals surface area contributed by atoms with Gasteiger partial charge >= 0.3 is 0 Å². The second-order valence-corrected chi connectivity index (χ2v) is 7.63. The predicted octanol–water partition coefficient (Wildman–Crippen LogP) is 3.29. The lowest BCUT2D eigenvalue weighted by molar-refractivity contribution is 0.0575. The molecule has 2 atom stereocenters. The van der Waals surface area contributed by atoms with Crippen molar-refractivity contribution in [3.05, 3.63) is 29.3 Å². The first kappa shape index (κ1) is 15.1. The molecule has 2 aliphatic rings. The Bertz CT molecular complexity index is 696. The van der Waals surface area contributed by atoms with Gasteiger partial charge in [-0.1, -0.05) is 6.42 Å². The van der Waals surface area contributed by atoms with Crippen LogP contribution in [0.1, 0.15) is 42.5 Å². The van der Waals surface area contributed by atoms with Crippen molar-refractivity contribution in [2.45, 2.75) is 38.1 Å². The summed E-state index contributed by atoms with van der Waals surface area (Å²) in [7, 11) is 0. The minimum absolute atomic E-state index is 0.0350. The molecular weight excluding hydrogens is 306 g/mol. The Kier molecular flexibility index (Phi) is 4.31. The first-order valence-corrected chi connectivity index (χ1v) is 9.55. The molecular formula is C18H23N3OS. The normalized spacial score (nSPS) is 25.2. The number of aromatic nitrogens is 1. The number of amides is 1. The van der Waals surface area contributed by atoms with Gasteiger partial charge in [-0.25, -0.2) is 4.98 Å². The third kappa shape index (κ3) is 3.12. The largest absolute Gasteiger partial charge is 0.352 e. The van der Waals surface area contributed by atoms with Crippen molar-refractivity contribution in [3.63, 3.8) is 0 Å². The summed E-state index contributed by atoms with van der Waals surface area (Å²) in [5.41, 5.74) is 3.46. The Morgan fingerprint density at radius 1 is 1.26 bits per heavy atom. The maximum absolute atomic E-state index is 12.5. The maximum atomic E-state index is 12.5. The highest BCUT2D eigenvalue weighted by molar-refractivity contribution is 7.16. The number of fused-ring (bicyclic) bond motifs is 2. The van der Waals surface area contributed by atoms with Gasteiger partial charge in [0, 0.05) is 18.2 Å². The Hall–Kier alpha value is -1.46. The van der Waals surface area contributed by atoms with E-state index in [1.54, 1.807) is 11.3 Å². The first-order chi connectivity index (χ1) is 11.3. The summed E-state index contributed by atoms with van der Waals surface area (Å²) in [5.74, 6) is 0.642. The summed E-state index contributed by atoms with van der Waals surface area (Å²) < 4.78 is 1.13. The number of carbonyl (C=O) groups excluding carboxylic acids is 1. The van der Waals surface area contributed by atoms with Gasteiger partial charge in [0.25, 0.3) is 5.91 Å². The summed E-state index contributed by atoms with van der Waals surface area (Å²) in [6, 6.07) is 6.48. The van der Waals surface area contributed by atoms with Gasteiger partial charge in [-0.3, -0.25) is 4.79 Å². The van der Waals surface area contributed by atoms with E-state index in [-0.39, 0.29) is 5.91 Å². The zero-order valence-electron chi connectivity index (χ0n) is 13.3. The van der Waals surface area contributed by atoms with Crippen molar-refractivity contribution < 1.29 is 4.79 Å². The summed E-state index contributed by atoms with van der Waals surface area (Å²) in [4.78, 5) is 19.4. The van der Waals surface area contributed by atoms with Crippen LogP contribution >= 0.6 is 11.3 Å². The van der Waals surface area contributed by atoms with Crippen LogP contribution in [0.2, 0.25) is 0 Å². The van der Waals surface area contributed by atoms with E-state index in [1.807, 2.05) is 23.7 Å². The number of rotatable bonds is 3. The fraction of sp³-hybridized carbons (Fsp3) is 0.556. The molecule has 4 rings (SSSR count). The third-order valence-electron chi connectivity index (χ3n) is 5.35. The van der Waals surface area contributed by atoms with Crippen LogP contribution in [0.4, 0.5) is 0 Å². The quantitative estimate of drug-likeness (QED) is 0.940. The number of hydrogen-bond acceptors (Lipinski definition) is 4. The molecule has 1 N–H and O–H groups in total. The Labute approximate surface area is 140 Å². The molecule has 3 heterocycles. The SMILES string of the molecule is O=C(NC[C@@H]1CCCN2CCCC[C@@H]12)c1ccc2scnc2c1. The van der Waals surface area contributed by atoms with Gasteiger partial charge in [0.15, 0.2) is 0 Å². The number of benzene rings is 1. The standard InChI is InChI=1S/C18H23N3OS/c22-18(13-6-7-17-15(10-13)20-12-23-17)19-11-14-4-3-9-21-8-2-1-5-16(14)21/h6-7,10,12,14,16H,1-5,8-9,11H2,(H,19,22)/t14-,16-/m0/s1. The number of hydrogen-bond donors (Lipinski definition) is 1. The van der Waals surface area contributed by atoms with Crippen molar-refractivity contribution >= 4 is 27.5 Å². The Morgan fingerprint density at radius 2 is 2.17 bits per heavy atom. The highest BCUT2D eigenvalue weighted by atomic mass is 32.1. The molecule has 0 saturated carbocycles. The molecule has 1 amide bonds. The van der Waals surface area contributed by atoms with E-state index < -0.39 is 0 Å². The van der Waals surface area contributed by atoms with Gasteiger partial charge in [0.05, 0.1) is 15.7 Å². The maximum Gasteiger partial charge on any atom is 0.251 e. The molecule has 23 heavy (non-hydrogen) atoms. The molecule has 0 spiro atoms. The zero-order chi connectivity index (χ0) is 15.6. The van der Waals surface area contributed by atoms with Crippen molar-refractivity contribution in [1.29, 1.82) is 0 Å². The molecule has 0 aliphatic carbocycles. The zero-order valence-corrected chi connectivity index (χ0v) is 14.1. The summed E-state index contributed by atoms with van der Waals surface area (Å²) in [5, 5.41) is 3.17. The van der Waals surface area contributed by atoms with Crippen molar-refractivity contribution in [1.82, 2.24) is 15.2 Å². The summed E-state index contributed by atoms with van der Waals surface area (Å²) in [6.07, 6.45) is 6.48. The number of nitrogens with one attached hydrogen (secondary N) is 1. The fourth-order valence-electron chi connectivity index (χ4n) is 4.14. The van der Waals surface area contributed by atoms with Crippen LogP contribution in [-0.2, 0) is 0 Å². The smallest absolute Gasteiger partial charge is 0.251 e. The van der Waals surface area contributed by atoms with E-state index >= 15 is 0 Å². The van der Waals surface area contributed by atoms with Gasteiger partial charge in [0.1, 0.15) is 0 Å². The van der Waals surface area contributed by atoms with Crippen molar-refractivity contribution in [2.75, 3.05) is 19.6 Å². The van der Waals surface area contributed by atoms with E-state index in [9.17, 15) is 4.79 Å². The van der Waals surface area contributed by atoms with E-state index in [1.165, 1.54) is 45.2 Å². The molecule has 1 aromatic heterocycles. The highest BCUT2D eigenvalue weighted by Crippen LogP contribution is 2.30. The number of nitrogens with zero attached hydrogens (tertiary/aromatic N) is 2. The summed E-state index contributed by atoms with van der Waals surface area (Å²) >= 11 is 1.61. The minimum atomic E-state index is 0.0350. The lowest BCUT2D eigenvalue weighted by atomic mass is 9.83. The minimum Gasteiger partial charge on any atom is -0.352 e. The van der Waals surface area contributed by atoms with E-state index in [0.717, 1.165) is 22.3 Å². The lowest BCUT2D eigenvalue weighted by Gasteiger charge is -2.44. The van der Waals surface area contributed by atoms with Crippen molar-refractivity contribution in [2.24, 2.45) is 5.92 Å². The van der Waals surface area contributed by atoms with Crippen LogP contribution in [0.25, 0.3) is 10.2 Å². The molecule has 5 heteroatoms. The van der Waals surface area contributed by atoms with E-state index in [0.29, 0.717) is 12.0 Å². The predicted molar refractivity (Wildman–Crippen MR) is 93.9 cm³/mol. The molecule has 4 nitrogen and oxygen atoms in total. The Balaban J connectivity index is 1.40. The van der Waals surface area contributed by atoms with Crippen molar-refractivity contribution in [3.8, 4) is 0 Å². The molecule has 0 unspecified atom stereocenters. The van der Waals surface area contributed by atoms with Gasteiger partial charge in [-0.2, -0.15) is 0 Å². The molecule has 2 aromatic rings. The highest BCUT2D eigenvalue weighted by Gasteiger charge is 2.32. The number of carbonyl (C=O) groups is 1. The van der Waals surface area contributed by atoms with Gasteiger partial charge in [0.2, 0.25) is 0 Å². The molecule has 2 aliphatic heterocycles. The molecule has 1 aromatic carbocycles. The second kappa shape index (κ2) is 6.57. The van der Waals surface area contributed by atoms with Crippen LogP contribution in [0, 0.1) is 5.92 Å². The van der Waals surface area contributed by atoms with Crippen LogP contribution in [0.15, 0.2) is 23.7 Å². The summed E-state index contributed by atoms with van der Waals surface area (Å²) in [6.45, 7) is 3.29. The molecule has 2 saturated heterocycles. The molecule has 2 fully saturated rings. The van der Waals surface area contributed by atoms with Crippen LogP contribution in [-0.4, -0.2) is 41.5 Å². The van der Waals surface area contributed by atoms with Gasteiger partial charge in [-0.15, -0.1) is 11.3 Å². The van der Waals surface area contributed by atoms with E-state index in [2.05, 4.69) is 15.2 Å². The molecule has 122 valence electrons. The average molecular weight is 329 g/mol. The molecule has 0 bridgehead atoms. The number of piperidine rings is 2. The van der Waals surface area contributed by atoms with Gasteiger partial charge < -0.3 is 10.2 Å². The average Bonchev–Trinajstić information content (AvgIpc) is 3.07. The first-order valence-electron chi connectivity index (χ1n) is 8.67. The van der Waals surface area contributed by atoms with E-state index in [4.69, 9.17) is 0 Å². The topological polar surface area (TPSA) is 45.2 Å². The lowest BCUT2D eigenvalue weighted by Crippen LogP contribution is -2.51. The van der Waals surface area contributed by atoms with Crippen LogP contribution in [0.3, 0.4) is 0 Å².